The summed E-state index contributed by atoms with van der Waals surface area (Å²) in [5.74, 6) is 0.546. The van der Waals surface area contributed by atoms with Gasteiger partial charge in [-0.3, -0.25) is 9.59 Å². The summed E-state index contributed by atoms with van der Waals surface area (Å²) >= 11 is 3.51. The Morgan fingerprint density at radius 1 is 1.10 bits per heavy atom. The molecule has 2 aromatic carbocycles. The van der Waals surface area contributed by atoms with Crippen molar-refractivity contribution < 1.29 is 14.3 Å². The molecule has 2 aromatic rings. The molecule has 0 aliphatic rings. The van der Waals surface area contributed by atoms with Crippen LogP contribution in [-0.2, 0) is 22.6 Å². The van der Waals surface area contributed by atoms with Gasteiger partial charge in [-0.1, -0.05) is 56.7 Å². The average molecular weight is 489 g/mol. The van der Waals surface area contributed by atoms with Crippen molar-refractivity contribution in [1.82, 2.24) is 10.2 Å². The third-order valence-electron chi connectivity index (χ3n) is 5.04. The maximum atomic E-state index is 13.1. The number of hydrogen-bond donors (Lipinski definition) is 1. The van der Waals surface area contributed by atoms with Gasteiger partial charge in [0.2, 0.25) is 5.91 Å². The van der Waals surface area contributed by atoms with Crippen LogP contribution >= 0.6 is 15.9 Å². The first-order chi connectivity index (χ1) is 14.7. The first kappa shape index (κ1) is 24.9. The van der Waals surface area contributed by atoms with Crippen LogP contribution in [0.2, 0.25) is 0 Å². The molecular weight excluding hydrogens is 456 g/mol. The fraction of sp³-hybridized carbons (Fsp3) is 0.440. The summed E-state index contributed by atoms with van der Waals surface area (Å²) in [5.41, 5.74) is 3.27. The van der Waals surface area contributed by atoms with Gasteiger partial charge >= 0.3 is 0 Å². The molecule has 0 aliphatic carbocycles. The van der Waals surface area contributed by atoms with Crippen LogP contribution in [0.3, 0.4) is 0 Å². The number of carbonyl (C=O) groups excluding carboxylic acids is 2. The number of nitrogens with zero attached hydrogens (tertiary/aromatic N) is 1. The van der Waals surface area contributed by atoms with Gasteiger partial charge in [-0.25, -0.2) is 0 Å². The SMILES string of the molecule is CCc1ccc(OCC(=O)N(Cc2cccc(C)c2)[C@@H](C)C(=O)NCC(C)C)c(Br)c1. The van der Waals surface area contributed by atoms with E-state index >= 15 is 0 Å². The van der Waals surface area contributed by atoms with Crippen molar-refractivity contribution in [2.45, 2.75) is 53.6 Å². The predicted molar refractivity (Wildman–Crippen MR) is 128 cm³/mol. The zero-order valence-electron chi connectivity index (χ0n) is 19.1. The topological polar surface area (TPSA) is 58.6 Å². The zero-order chi connectivity index (χ0) is 23.0. The van der Waals surface area contributed by atoms with Gasteiger partial charge in [0.25, 0.3) is 5.91 Å². The Labute approximate surface area is 194 Å². The number of amides is 2. The number of aryl methyl sites for hydroxylation is 2. The minimum atomic E-state index is -0.610. The maximum Gasteiger partial charge on any atom is 0.261 e. The number of benzene rings is 2. The van der Waals surface area contributed by atoms with Crippen LogP contribution in [0, 0.1) is 12.8 Å². The number of carbonyl (C=O) groups is 2. The van der Waals surface area contributed by atoms with Crippen LogP contribution in [-0.4, -0.2) is 35.9 Å². The standard InChI is InChI=1S/C25H33BrN2O3/c1-6-20-10-11-23(22(26)13-20)31-16-24(29)28(15-21-9-7-8-18(4)12-21)19(5)25(30)27-14-17(2)3/h7-13,17,19H,6,14-16H2,1-5H3,(H,27,30)/t19-/m0/s1. The Hall–Kier alpha value is -2.34. The third kappa shape index (κ3) is 7.69. The van der Waals surface area contributed by atoms with E-state index in [9.17, 15) is 9.59 Å². The number of ether oxygens (including phenoxy) is 1. The lowest BCUT2D eigenvalue weighted by Crippen LogP contribution is -2.49. The predicted octanol–water partition coefficient (Wildman–Crippen LogP) is 4.89. The molecule has 31 heavy (non-hydrogen) atoms. The fourth-order valence-electron chi connectivity index (χ4n) is 3.15. The van der Waals surface area contributed by atoms with Gasteiger partial charge in [-0.05, 0) is 65.4 Å². The zero-order valence-corrected chi connectivity index (χ0v) is 20.7. The van der Waals surface area contributed by atoms with E-state index in [-0.39, 0.29) is 18.4 Å². The Balaban J connectivity index is 2.15. The summed E-state index contributed by atoms with van der Waals surface area (Å²) in [6.45, 7) is 10.7. The van der Waals surface area contributed by atoms with Crippen molar-refractivity contribution in [2.75, 3.05) is 13.2 Å². The summed E-state index contributed by atoms with van der Waals surface area (Å²) in [5, 5.41) is 2.93. The Kier molecular flexibility index (Phi) is 9.56. The van der Waals surface area contributed by atoms with Crippen LogP contribution in [0.4, 0.5) is 0 Å². The first-order valence-electron chi connectivity index (χ1n) is 10.7. The maximum absolute atomic E-state index is 13.1. The van der Waals surface area contributed by atoms with E-state index in [1.54, 1.807) is 11.8 Å². The van der Waals surface area contributed by atoms with Crippen molar-refractivity contribution in [2.24, 2.45) is 5.92 Å². The third-order valence-corrected chi connectivity index (χ3v) is 5.66. The highest BCUT2D eigenvalue weighted by molar-refractivity contribution is 9.10. The summed E-state index contributed by atoms with van der Waals surface area (Å²) in [6, 6.07) is 13.2. The molecule has 2 amide bonds. The first-order valence-corrected chi connectivity index (χ1v) is 11.5. The van der Waals surface area contributed by atoms with Crippen LogP contribution in [0.15, 0.2) is 46.9 Å². The van der Waals surface area contributed by atoms with Gasteiger partial charge in [0.15, 0.2) is 6.61 Å². The van der Waals surface area contributed by atoms with Gasteiger partial charge < -0.3 is 15.0 Å². The van der Waals surface area contributed by atoms with E-state index in [4.69, 9.17) is 4.74 Å². The molecule has 6 heteroatoms. The molecule has 1 N–H and O–H groups in total. The van der Waals surface area contributed by atoms with Crippen molar-refractivity contribution in [1.29, 1.82) is 0 Å². The fourth-order valence-corrected chi connectivity index (χ4v) is 3.69. The van der Waals surface area contributed by atoms with Crippen molar-refractivity contribution in [3.05, 3.63) is 63.6 Å². The molecule has 0 saturated carbocycles. The van der Waals surface area contributed by atoms with E-state index < -0.39 is 6.04 Å². The van der Waals surface area contributed by atoms with E-state index in [2.05, 4.69) is 28.2 Å². The Morgan fingerprint density at radius 2 is 1.84 bits per heavy atom. The normalized spacial score (nSPS) is 11.8. The lowest BCUT2D eigenvalue weighted by molar-refractivity contribution is -0.142. The second-order valence-corrected chi connectivity index (χ2v) is 9.09. The van der Waals surface area contributed by atoms with Crippen LogP contribution in [0.1, 0.15) is 44.4 Å². The molecule has 0 unspecified atom stereocenters. The molecule has 0 aliphatic heterocycles. The number of nitrogens with one attached hydrogen (secondary N) is 1. The molecule has 0 aromatic heterocycles. The molecule has 0 spiro atoms. The Bertz CT molecular complexity index is 898. The van der Waals surface area contributed by atoms with Crippen LogP contribution in [0.25, 0.3) is 0 Å². The minimum Gasteiger partial charge on any atom is -0.483 e. The van der Waals surface area contributed by atoms with Gasteiger partial charge in [0, 0.05) is 13.1 Å². The van der Waals surface area contributed by atoms with Crippen molar-refractivity contribution in [3.63, 3.8) is 0 Å². The van der Waals surface area contributed by atoms with Gasteiger partial charge in [0.1, 0.15) is 11.8 Å². The largest absolute Gasteiger partial charge is 0.483 e. The van der Waals surface area contributed by atoms with E-state index in [1.165, 1.54) is 5.56 Å². The monoisotopic (exact) mass is 488 g/mol. The molecule has 0 radical (unpaired) electrons. The highest BCUT2D eigenvalue weighted by atomic mass is 79.9. The molecule has 0 bridgehead atoms. The number of halogens is 1. The molecule has 0 saturated heterocycles. The quantitative estimate of drug-likeness (QED) is 0.517. The molecular formula is C25H33BrN2O3. The van der Waals surface area contributed by atoms with Gasteiger partial charge in [0.05, 0.1) is 4.47 Å². The van der Waals surface area contributed by atoms with Gasteiger partial charge in [-0.2, -0.15) is 0 Å². The average Bonchev–Trinajstić information content (AvgIpc) is 2.74. The highest BCUT2D eigenvalue weighted by Crippen LogP contribution is 2.26. The van der Waals surface area contributed by atoms with Crippen LogP contribution in [0.5, 0.6) is 5.75 Å². The lowest BCUT2D eigenvalue weighted by atomic mass is 10.1. The summed E-state index contributed by atoms with van der Waals surface area (Å²) in [6.07, 6.45) is 0.922. The summed E-state index contributed by atoms with van der Waals surface area (Å²) < 4.78 is 6.61. The van der Waals surface area contributed by atoms with E-state index in [0.29, 0.717) is 24.8 Å². The molecule has 168 valence electrons. The van der Waals surface area contributed by atoms with Crippen molar-refractivity contribution >= 4 is 27.7 Å². The molecule has 0 heterocycles. The lowest BCUT2D eigenvalue weighted by Gasteiger charge is -2.29. The molecule has 2 rings (SSSR count). The second kappa shape index (κ2) is 11.9. The van der Waals surface area contributed by atoms with Crippen molar-refractivity contribution in [3.8, 4) is 5.75 Å². The summed E-state index contributed by atoms with van der Waals surface area (Å²) in [4.78, 5) is 27.4. The Morgan fingerprint density at radius 3 is 2.45 bits per heavy atom. The molecule has 1 atom stereocenters. The van der Waals surface area contributed by atoms with Gasteiger partial charge in [-0.15, -0.1) is 0 Å². The number of hydrogen-bond acceptors (Lipinski definition) is 3. The second-order valence-electron chi connectivity index (χ2n) is 8.23. The van der Waals surface area contributed by atoms with Crippen LogP contribution < -0.4 is 10.1 Å². The minimum absolute atomic E-state index is 0.141. The highest BCUT2D eigenvalue weighted by Gasteiger charge is 2.26. The smallest absolute Gasteiger partial charge is 0.261 e. The summed E-state index contributed by atoms with van der Waals surface area (Å²) in [7, 11) is 0. The number of rotatable bonds is 10. The van der Waals surface area contributed by atoms with E-state index in [0.717, 1.165) is 22.0 Å². The molecule has 5 nitrogen and oxygen atoms in total. The van der Waals surface area contributed by atoms with E-state index in [1.807, 2.05) is 63.2 Å². The molecule has 0 fully saturated rings.